The van der Waals surface area contributed by atoms with Crippen LogP contribution >= 0.6 is 24.0 Å². The fraction of sp³-hybridized carbons (Fsp3) is 0.636. The summed E-state index contributed by atoms with van der Waals surface area (Å²) in [6.07, 6.45) is 5.26. The van der Waals surface area contributed by atoms with E-state index in [1.165, 1.54) is 36.9 Å². The van der Waals surface area contributed by atoms with Crippen LogP contribution in [0.15, 0.2) is 0 Å². The molecule has 3 rings (SSSR count). The van der Waals surface area contributed by atoms with Crippen molar-refractivity contribution in [1.82, 2.24) is 9.97 Å². The van der Waals surface area contributed by atoms with E-state index in [1.54, 1.807) is 0 Å². The van der Waals surface area contributed by atoms with Gasteiger partial charge >= 0.3 is 0 Å². The summed E-state index contributed by atoms with van der Waals surface area (Å²) in [5, 5.41) is 0. The molecule has 0 saturated heterocycles. The van der Waals surface area contributed by atoms with Gasteiger partial charge in [-0.05, 0) is 12.8 Å². The van der Waals surface area contributed by atoms with E-state index >= 15 is 0 Å². The standard InChI is InChI=1S/C11H14N2S2/c14-11-8-5-15-6-9(8)12-10(13-11)7-3-1-2-4-7/h7H,1-6H2,(H,12,13,14). The number of thioether (sulfide) groups is 1. The lowest BCUT2D eigenvalue weighted by atomic mass is 10.1. The van der Waals surface area contributed by atoms with Crippen molar-refractivity contribution in [2.75, 3.05) is 0 Å². The highest BCUT2D eigenvalue weighted by Crippen LogP contribution is 2.35. The van der Waals surface area contributed by atoms with E-state index in [4.69, 9.17) is 12.2 Å². The molecule has 0 radical (unpaired) electrons. The van der Waals surface area contributed by atoms with E-state index in [-0.39, 0.29) is 0 Å². The van der Waals surface area contributed by atoms with E-state index in [9.17, 15) is 0 Å². The third kappa shape index (κ3) is 1.74. The Kier molecular flexibility index (Phi) is 2.56. The normalized spacial score (nSPS) is 20.8. The quantitative estimate of drug-likeness (QED) is 0.759. The molecule has 1 aromatic heterocycles. The third-order valence-electron chi connectivity index (χ3n) is 3.36. The molecule has 0 atom stereocenters. The number of aromatic amines is 1. The molecule has 0 spiro atoms. The third-order valence-corrected chi connectivity index (χ3v) is 4.68. The molecule has 0 amide bonds. The second kappa shape index (κ2) is 3.91. The first-order valence-electron chi connectivity index (χ1n) is 5.54. The lowest BCUT2D eigenvalue weighted by Gasteiger charge is -2.10. The van der Waals surface area contributed by atoms with Gasteiger partial charge in [0.05, 0.1) is 0 Å². The van der Waals surface area contributed by atoms with Gasteiger partial charge in [-0.2, -0.15) is 11.8 Å². The summed E-state index contributed by atoms with van der Waals surface area (Å²) in [5.41, 5.74) is 2.61. The molecule has 0 aromatic carbocycles. The maximum absolute atomic E-state index is 5.36. The fourth-order valence-electron chi connectivity index (χ4n) is 2.48. The SMILES string of the molecule is S=c1nc(C2CCCC2)[nH]c2c1CSC2. The summed E-state index contributed by atoms with van der Waals surface area (Å²) < 4.78 is 0.843. The van der Waals surface area contributed by atoms with Gasteiger partial charge in [-0.15, -0.1) is 0 Å². The van der Waals surface area contributed by atoms with Crippen molar-refractivity contribution in [3.05, 3.63) is 21.7 Å². The number of hydrogen-bond acceptors (Lipinski definition) is 3. The van der Waals surface area contributed by atoms with Crippen LogP contribution < -0.4 is 0 Å². The van der Waals surface area contributed by atoms with Crippen molar-refractivity contribution < 1.29 is 0 Å². The second-order valence-corrected chi connectivity index (χ2v) is 5.73. The predicted molar refractivity (Wildman–Crippen MR) is 65.6 cm³/mol. The minimum Gasteiger partial charge on any atom is -0.346 e. The predicted octanol–water partition coefficient (Wildman–Crippen LogP) is 3.54. The largest absolute Gasteiger partial charge is 0.346 e. The maximum Gasteiger partial charge on any atom is 0.134 e. The average molecular weight is 238 g/mol. The molecule has 15 heavy (non-hydrogen) atoms. The number of nitrogens with one attached hydrogen (secondary N) is 1. The molecule has 2 aliphatic rings. The van der Waals surface area contributed by atoms with Gasteiger partial charge in [0.25, 0.3) is 0 Å². The Labute approximate surface area is 98.9 Å². The summed E-state index contributed by atoms with van der Waals surface area (Å²) in [6.45, 7) is 0. The van der Waals surface area contributed by atoms with Crippen LogP contribution in [-0.2, 0) is 11.5 Å². The molecule has 2 nitrogen and oxygen atoms in total. The molecule has 0 unspecified atom stereocenters. The van der Waals surface area contributed by atoms with Gasteiger partial charge in [-0.3, -0.25) is 0 Å². The minimum absolute atomic E-state index is 0.641. The van der Waals surface area contributed by atoms with Crippen LogP contribution in [0.25, 0.3) is 0 Å². The van der Waals surface area contributed by atoms with Crippen molar-refractivity contribution in [3.63, 3.8) is 0 Å². The van der Waals surface area contributed by atoms with Gasteiger partial charge in [0, 0.05) is 28.7 Å². The highest BCUT2D eigenvalue weighted by Gasteiger charge is 2.22. The van der Waals surface area contributed by atoms with Gasteiger partial charge in [0.2, 0.25) is 0 Å². The van der Waals surface area contributed by atoms with Crippen molar-refractivity contribution in [3.8, 4) is 0 Å². The zero-order chi connectivity index (χ0) is 10.3. The first-order valence-corrected chi connectivity index (χ1v) is 7.10. The molecule has 2 heterocycles. The number of H-pyrrole nitrogens is 1. The maximum atomic E-state index is 5.36. The molecular formula is C11H14N2S2. The van der Waals surface area contributed by atoms with E-state index in [1.807, 2.05) is 11.8 Å². The Morgan fingerprint density at radius 3 is 2.87 bits per heavy atom. The topological polar surface area (TPSA) is 28.7 Å². The van der Waals surface area contributed by atoms with Gasteiger partial charge in [0.15, 0.2) is 0 Å². The van der Waals surface area contributed by atoms with E-state index in [2.05, 4.69) is 9.97 Å². The Morgan fingerprint density at radius 2 is 2.07 bits per heavy atom. The van der Waals surface area contributed by atoms with E-state index in [0.717, 1.165) is 22.0 Å². The highest BCUT2D eigenvalue weighted by molar-refractivity contribution is 7.98. The molecule has 1 saturated carbocycles. The van der Waals surface area contributed by atoms with E-state index in [0.29, 0.717) is 5.92 Å². The summed E-state index contributed by atoms with van der Waals surface area (Å²) in [5.74, 6) is 3.92. The van der Waals surface area contributed by atoms with Crippen LogP contribution in [0.4, 0.5) is 0 Å². The molecule has 1 aliphatic heterocycles. The number of aromatic nitrogens is 2. The number of nitrogens with zero attached hydrogens (tertiary/aromatic N) is 1. The number of fused-ring (bicyclic) bond motifs is 1. The lowest BCUT2D eigenvalue weighted by molar-refractivity contribution is 0.660. The van der Waals surface area contributed by atoms with Crippen molar-refractivity contribution in [1.29, 1.82) is 0 Å². The van der Waals surface area contributed by atoms with Gasteiger partial charge in [-0.1, -0.05) is 25.1 Å². The van der Waals surface area contributed by atoms with Crippen LogP contribution in [0.3, 0.4) is 0 Å². The van der Waals surface area contributed by atoms with Crippen molar-refractivity contribution in [2.45, 2.75) is 43.1 Å². The summed E-state index contributed by atoms with van der Waals surface area (Å²) >= 11 is 7.29. The van der Waals surface area contributed by atoms with Crippen LogP contribution in [0.1, 0.15) is 48.7 Å². The first-order chi connectivity index (χ1) is 7.34. The molecule has 4 heteroatoms. The molecule has 1 aromatic rings. The monoisotopic (exact) mass is 238 g/mol. The Morgan fingerprint density at radius 1 is 1.27 bits per heavy atom. The second-order valence-electron chi connectivity index (χ2n) is 4.36. The van der Waals surface area contributed by atoms with Crippen LogP contribution in [-0.4, -0.2) is 9.97 Å². The number of rotatable bonds is 1. The number of hydrogen-bond donors (Lipinski definition) is 1. The van der Waals surface area contributed by atoms with Gasteiger partial charge in [-0.25, -0.2) is 4.98 Å². The molecule has 1 N–H and O–H groups in total. The highest BCUT2D eigenvalue weighted by atomic mass is 32.2. The molecule has 0 bridgehead atoms. The lowest BCUT2D eigenvalue weighted by Crippen LogP contribution is -2.04. The van der Waals surface area contributed by atoms with Crippen LogP contribution in [0.5, 0.6) is 0 Å². The molecule has 1 fully saturated rings. The van der Waals surface area contributed by atoms with Crippen molar-refractivity contribution >= 4 is 24.0 Å². The Bertz CT molecular complexity index is 433. The van der Waals surface area contributed by atoms with Crippen molar-refractivity contribution in [2.24, 2.45) is 0 Å². The zero-order valence-corrected chi connectivity index (χ0v) is 10.2. The minimum atomic E-state index is 0.641. The van der Waals surface area contributed by atoms with Crippen LogP contribution in [0.2, 0.25) is 0 Å². The first kappa shape index (κ1) is 9.85. The average Bonchev–Trinajstić information content (AvgIpc) is 2.88. The van der Waals surface area contributed by atoms with E-state index < -0.39 is 0 Å². The van der Waals surface area contributed by atoms with Crippen LogP contribution in [0, 0.1) is 4.64 Å². The smallest absolute Gasteiger partial charge is 0.134 e. The summed E-state index contributed by atoms with van der Waals surface area (Å²) in [6, 6.07) is 0. The van der Waals surface area contributed by atoms with Gasteiger partial charge in [0.1, 0.15) is 10.5 Å². The summed E-state index contributed by atoms with van der Waals surface area (Å²) in [7, 11) is 0. The zero-order valence-electron chi connectivity index (χ0n) is 8.58. The fourth-order valence-corrected chi connectivity index (χ4v) is 3.94. The Hall–Kier alpha value is -0.350. The molecule has 1 aliphatic carbocycles. The van der Waals surface area contributed by atoms with Gasteiger partial charge < -0.3 is 4.98 Å². The summed E-state index contributed by atoms with van der Waals surface area (Å²) in [4.78, 5) is 8.08. The Balaban J connectivity index is 2.03. The molecular weight excluding hydrogens is 224 g/mol. The molecule has 80 valence electrons.